The number of rotatable bonds is 2. The zero-order valence-corrected chi connectivity index (χ0v) is 7.50. The third-order valence-electron chi connectivity index (χ3n) is 1.90. The topological polar surface area (TPSA) is 132 Å². The van der Waals surface area contributed by atoms with Crippen LogP contribution < -0.4 is 5.76 Å². The highest BCUT2D eigenvalue weighted by atomic mass is 16.6. The monoisotopic (exact) mass is 225 g/mol. The zero-order valence-electron chi connectivity index (χ0n) is 7.50. The summed E-state index contributed by atoms with van der Waals surface area (Å²) in [6, 6.07) is 1.70. The molecule has 0 amide bonds. The van der Waals surface area contributed by atoms with E-state index in [1.54, 1.807) is 0 Å². The van der Waals surface area contributed by atoms with Crippen molar-refractivity contribution in [2.45, 2.75) is 0 Å². The molecule has 1 aromatic carbocycles. The molecule has 2 aromatic rings. The van der Waals surface area contributed by atoms with E-state index >= 15 is 0 Å². The average Bonchev–Trinajstić information content (AvgIpc) is 2.55. The van der Waals surface area contributed by atoms with E-state index in [9.17, 15) is 25.0 Å². The highest BCUT2D eigenvalue weighted by Gasteiger charge is 2.22. The fraction of sp³-hybridized carbons (Fsp3) is 0. The van der Waals surface area contributed by atoms with Crippen molar-refractivity contribution in [1.29, 1.82) is 0 Å². The number of oxazole rings is 1. The fourth-order valence-electron chi connectivity index (χ4n) is 1.27. The number of H-pyrrole nitrogens is 1. The number of nitrogens with zero attached hydrogens (tertiary/aromatic N) is 2. The van der Waals surface area contributed by atoms with Crippen LogP contribution in [0.4, 0.5) is 11.4 Å². The number of hydrogen-bond acceptors (Lipinski definition) is 6. The summed E-state index contributed by atoms with van der Waals surface area (Å²) in [4.78, 5) is 32.4. The Hall–Kier alpha value is -2.71. The second kappa shape index (κ2) is 3.15. The van der Waals surface area contributed by atoms with Crippen LogP contribution in [0.25, 0.3) is 11.1 Å². The highest BCUT2D eigenvalue weighted by Crippen LogP contribution is 2.28. The molecule has 0 saturated carbocycles. The molecule has 0 unspecified atom stereocenters. The molecule has 2 rings (SSSR count). The van der Waals surface area contributed by atoms with Gasteiger partial charge in [-0.2, -0.15) is 0 Å². The number of aromatic nitrogens is 1. The van der Waals surface area contributed by atoms with Gasteiger partial charge in [0.25, 0.3) is 5.69 Å². The van der Waals surface area contributed by atoms with E-state index in [1.165, 1.54) is 0 Å². The molecular weight excluding hydrogens is 222 g/mol. The Morgan fingerprint density at radius 3 is 2.44 bits per heavy atom. The molecule has 0 aliphatic rings. The van der Waals surface area contributed by atoms with Crippen molar-refractivity contribution in [1.82, 2.24) is 4.98 Å². The van der Waals surface area contributed by atoms with Crippen LogP contribution in [0.3, 0.4) is 0 Å². The van der Waals surface area contributed by atoms with Crippen LogP contribution in [0, 0.1) is 20.2 Å². The molecule has 0 fully saturated rings. The molecule has 0 radical (unpaired) electrons. The van der Waals surface area contributed by atoms with Gasteiger partial charge in [0.15, 0.2) is 11.1 Å². The molecule has 0 saturated heterocycles. The first-order chi connectivity index (χ1) is 7.49. The number of benzene rings is 1. The zero-order chi connectivity index (χ0) is 11.9. The number of fused-ring (bicyclic) bond motifs is 1. The van der Waals surface area contributed by atoms with Gasteiger partial charge >= 0.3 is 11.4 Å². The van der Waals surface area contributed by atoms with Gasteiger partial charge in [-0.1, -0.05) is 0 Å². The second-order valence-electron chi connectivity index (χ2n) is 2.87. The highest BCUT2D eigenvalue weighted by molar-refractivity contribution is 5.85. The first-order valence-electron chi connectivity index (χ1n) is 3.94. The van der Waals surface area contributed by atoms with Gasteiger partial charge in [-0.05, 0) is 0 Å². The third kappa shape index (κ3) is 1.39. The first-order valence-corrected chi connectivity index (χ1v) is 3.94. The van der Waals surface area contributed by atoms with Gasteiger partial charge in [-0.25, -0.2) is 4.79 Å². The van der Waals surface area contributed by atoms with Gasteiger partial charge in [-0.15, -0.1) is 0 Å². The van der Waals surface area contributed by atoms with Crippen molar-refractivity contribution >= 4 is 22.5 Å². The summed E-state index contributed by atoms with van der Waals surface area (Å²) in [6.07, 6.45) is 0. The number of aromatic amines is 1. The second-order valence-corrected chi connectivity index (χ2v) is 2.87. The molecule has 1 heterocycles. The van der Waals surface area contributed by atoms with Gasteiger partial charge in [0.05, 0.1) is 22.0 Å². The van der Waals surface area contributed by atoms with E-state index in [4.69, 9.17) is 0 Å². The Labute approximate surface area is 85.6 Å². The first kappa shape index (κ1) is 9.83. The van der Waals surface area contributed by atoms with Gasteiger partial charge in [-0.3, -0.25) is 25.2 Å². The minimum atomic E-state index is -0.904. The van der Waals surface area contributed by atoms with Crippen molar-refractivity contribution in [3.05, 3.63) is 42.9 Å². The lowest BCUT2D eigenvalue weighted by molar-refractivity contribution is -0.393. The van der Waals surface area contributed by atoms with E-state index in [1.807, 2.05) is 0 Å². The summed E-state index contributed by atoms with van der Waals surface area (Å²) >= 11 is 0. The normalized spacial score (nSPS) is 10.5. The molecule has 0 aliphatic carbocycles. The molecule has 0 aliphatic heterocycles. The Bertz CT molecular complexity index is 654. The minimum absolute atomic E-state index is 0.166. The van der Waals surface area contributed by atoms with Crippen LogP contribution in [-0.4, -0.2) is 14.8 Å². The lowest BCUT2D eigenvalue weighted by Gasteiger charge is -1.93. The van der Waals surface area contributed by atoms with Crippen molar-refractivity contribution in [3.8, 4) is 0 Å². The summed E-state index contributed by atoms with van der Waals surface area (Å²) in [5, 5.41) is 21.1. The predicted octanol–water partition coefficient (Wildman–Crippen LogP) is 0.937. The molecule has 82 valence electrons. The summed E-state index contributed by atoms with van der Waals surface area (Å²) in [5.74, 6) is -0.904. The number of nitro groups is 2. The van der Waals surface area contributed by atoms with Crippen molar-refractivity contribution in [3.63, 3.8) is 0 Å². The average molecular weight is 225 g/mol. The molecule has 9 heteroatoms. The molecule has 0 bridgehead atoms. The van der Waals surface area contributed by atoms with E-state index in [0.717, 1.165) is 12.1 Å². The Kier molecular flexibility index (Phi) is 1.94. The SMILES string of the molecule is O=c1[nH]c2c([N+](=O)[O-])cc([N+](=O)[O-])cc2o1. The number of non-ortho nitro benzene ring substituents is 2. The molecular formula is C7H3N3O6. The summed E-state index contributed by atoms with van der Waals surface area (Å²) in [7, 11) is 0. The summed E-state index contributed by atoms with van der Waals surface area (Å²) in [5.41, 5.74) is -1.47. The van der Waals surface area contributed by atoms with Crippen molar-refractivity contribution in [2.24, 2.45) is 0 Å². The standard InChI is InChI=1S/C7H3N3O6/c11-7-8-6-4(10(14)15)1-3(9(12)13)2-5(6)16-7/h1-2H,(H,8,11). The van der Waals surface area contributed by atoms with Gasteiger partial charge in [0.1, 0.15) is 0 Å². The third-order valence-corrected chi connectivity index (χ3v) is 1.90. The maximum atomic E-state index is 10.8. The molecule has 0 spiro atoms. The van der Waals surface area contributed by atoms with Crippen LogP contribution in [0.5, 0.6) is 0 Å². The largest absolute Gasteiger partial charge is 0.417 e. The Morgan fingerprint density at radius 2 is 1.88 bits per heavy atom. The molecule has 16 heavy (non-hydrogen) atoms. The van der Waals surface area contributed by atoms with E-state index in [2.05, 4.69) is 9.40 Å². The smallest absolute Gasteiger partial charge is 0.407 e. The van der Waals surface area contributed by atoms with Crippen molar-refractivity contribution in [2.75, 3.05) is 0 Å². The lowest BCUT2D eigenvalue weighted by Crippen LogP contribution is -1.96. The molecule has 1 aromatic heterocycles. The quantitative estimate of drug-likeness (QED) is 0.597. The van der Waals surface area contributed by atoms with Crippen LogP contribution in [-0.2, 0) is 0 Å². The maximum absolute atomic E-state index is 10.8. The number of hydrogen-bond donors (Lipinski definition) is 1. The summed E-state index contributed by atoms with van der Waals surface area (Å²) < 4.78 is 4.53. The van der Waals surface area contributed by atoms with E-state index in [-0.39, 0.29) is 11.1 Å². The number of nitrogens with one attached hydrogen (secondary N) is 1. The predicted molar refractivity (Wildman–Crippen MR) is 50.1 cm³/mol. The summed E-state index contributed by atoms with van der Waals surface area (Å²) in [6.45, 7) is 0. The Balaban J connectivity index is 2.88. The van der Waals surface area contributed by atoms with E-state index in [0.29, 0.717) is 0 Å². The molecule has 0 atom stereocenters. The van der Waals surface area contributed by atoms with Crippen molar-refractivity contribution < 1.29 is 14.3 Å². The lowest BCUT2D eigenvalue weighted by atomic mass is 10.2. The van der Waals surface area contributed by atoms with Crippen LogP contribution in [0.15, 0.2) is 21.3 Å². The van der Waals surface area contributed by atoms with Crippen LogP contribution in [0.2, 0.25) is 0 Å². The van der Waals surface area contributed by atoms with Gasteiger partial charge < -0.3 is 4.42 Å². The minimum Gasteiger partial charge on any atom is -0.407 e. The van der Waals surface area contributed by atoms with Crippen LogP contribution in [0.1, 0.15) is 0 Å². The van der Waals surface area contributed by atoms with Crippen LogP contribution >= 0.6 is 0 Å². The molecule has 1 N–H and O–H groups in total. The van der Waals surface area contributed by atoms with E-state index < -0.39 is 27.0 Å². The fourth-order valence-corrected chi connectivity index (χ4v) is 1.27. The maximum Gasteiger partial charge on any atom is 0.417 e. The van der Waals surface area contributed by atoms with Gasteiger partial charge in [0.2, 0.25) is 0 Å². The van der Waals surface area contributed by atoms with Gasteiger partial charge in [0, 0.05) is 0 Å². The molecule has 9 nitrogen and oxygen atoms in total. The Morgan fingerprint density at radius 1 is 1.19 bits per heavy atom. The number of nitro benzene ring substituents is 2.